The lowest BCUT2D eigenvalue weighted by Gasteiger charge is -2.22. The second-order valence-electron chi connectivity index (χ2n) is 3.14. The van der Waals surface area contributed by atoms with Gasteiger partial charge in [0.1, 0.15) is 0 Å². The monoisotopic (exact) mass is 203 g/mol. The van der Waals surface area contributed by atoms with E-state index >= 15 is 0 Å². The molecule has 1 rings (SSSR count). The van der Waals surface area contributed by atoms with Crippen molar-refractivity contribution in [3.63, 3.8) is 0 Å². The molecule has 76 valence electrons. The summed E-state index contributed by atoms with van der Waals surface area (Å²) in [5.41, 5.74) is 0. The van der Waals surface area contributed by atoms with Crippen LogP contribution in [-0.4, -0.2) is 46.6 Å². The number of nitrogens with zero attached hydrogens (tertiary/aromatic N) is 1. The fraction of sp³-hybridized carbons (Fsp3) is 0.889. The number of carbonyl (C=O) groups is 1. The minimum absolute atomic E-state index is 0.0664. The summed E-state index contributed by atoms with van der Waals surface area (Å²) in [5, 5.41) is 8.92. The average molecular weight is 203 g/mol. The largest absolute Gasteiger partial charge is 0.395 e. The van der Waals surface area contributed by atoms with E-state index in [1.165, 1.54) is 0 Å². The van der Waals surface area contributed by atoms with Gasteiger partial charge in [-0.15, -0.1) is 11.8 Å². The van der Waals surface area contributed by atoms with E-state index in [1.807, 2.05) is 6.92 Å². The fourth-order valence-corrected chi connectivity index (χ4v) is 2.76. The first-order chi connectivity index (χ1) is 6.29. The molecule has 0 radical (unpaired) electrons. The van der Waals surface area contributed by atoms with Gasteiger partial charge in [-0.1, -0.05) is 0 Å². The van der Waals surface area contributed by atoms with E-state index in [0.717, 1.165) is 18.6 Å². The molecular formula is C9H17NO2S. The quantitative estimate of drug-likeness (QED) is 0.732. The van der Waals surface area contributed by atoms with E-state index in [-0.39, 0.29) is 17.8 Å². The molecule has 0 spiro atoms. The Balaban J connectivity index is 2.42. The normalized spacial score (nSPS) is 21.8. The average Bonchev–Trinajstić information content (AvgIpc) is 2.65. The Labute approximate surface area is 83.5 Å². The van der Waals surface area contributed by atoms with E-state index in [1.54, 1.807) is 16.7 Å². The molecular weight excluding hydrogens is 186 g/mol. The molecule has 1 amide bonds. The molecule has 3 nitrogen and oxygen atoms in total. The highest BCUT2D eigenvalue weighted by Crippen LogP contribution is 2.27. The number of hydrogen-bond donors (Lipinski definition) is 1. The zero-order chi connectivity index (χ0) is 9.68. The van der Waals surface area contributed by atoms with Crippen molar-refractivity contribution in [2.24, 2.45) is 0 Å². The van der Waals surface area contributed by atoms with Crippen molar-refractivity contribution in [1.29, 1.82) is 0 Å². The number of aliphatic hydroxyl groups is 1. The Morgan fingerprint density at radius 2 is 2.46 bits per heavy atom. The molecule has 0 aromatic heterocycles. The van der Waals surface area contributed by atoms with Crippen molar-refractivity contribution >= 4 is 17.7 Å². The van der Waals surface area contributed by atoms with Crippen LogP contribution >= 0.6 is 11.8 Å². The summed E-state index contributed by atoms with van der Waals surface area (Å²) in [4.78, 5) is 13.5. The maximum absolute atomic E-state index is 11.8. The Hall–Kier alpha value is -0.220. The third-order valence-electron chi connectivity index (χ3n) is 2.27. The van der Waals surface area contributed by atoms with Gasteiger partial charge < -0.3 is 10.0 Å². The summed E-state index contributed by atoms with van der Waals surface area (Å²) < 4.78 is 0. The molecule has 1 unspecified atom stereocenters. The van der Waals surface area contributed by atoms with Gasteiger partial charge in [0.15, 0.2) is 0 Å². The van der Waals surface area contributed by atoms with Crippen LogP contribution in [0.5, 0.6) is 0 Å². The predicted molar refractivity (Wildman–Crippen MR) is 54.8 cm³/mol. The van der Waals surface area contributed by atoms with Crippen LogP contribution in [0.15, 0.2) is 0 Å². The molecule has 1 aliphatic rings. The molecule has 1 heterocycles. The van der Waals surface area contributed by atoms with Crippen molar-refractivity contribution in [3.8, 4) is 0 Å². The first kappa shape index (κ1) is 10.9. The second kappa shape index (κ2) is 5.50. The summed E-state index contributed by atoms with van der Waals surface area (Å²) in [5.74, 6) is 1.31. The van der Waals surface area contributed by atoms with Crippen LogP contribution in [0.2, 0.25) is 0 Å². The number of carbonyl (C=O) groups excluding carboxylic acids is 1. The van der Waals surface area contributed by atoms with Crippen LogP contribution in [0.4, 0.5) is 0 Å². The third kappa shape index (κ3) is 2.88. The summed E-state index contributed by atoms with van der Waals surface area (Å²) >= 11 is 1.75. The fourth-order valence-electron chi connectivity index (χ4n) is 1.52. The van der Waals surface area contributed by atoms with E-state index in [0.29, 0.717) is 13.1 Å². The third-order valence-corrected chi connectivity index (χ3v) is 3.63. The van der Waals surface area contributed by atoms with Gasteiger partial charge in [-0.25, -0.2) is 0 Å². The molecule has 0 aromatic rings. The highest BCUT2D eigenvalue weighted by atomic mass is 32.2. The molecule has 4 heteroatoms. The summed E-state index contributed by atoms with van der Waals surface area (Å²) in [7, 11) is 0. The molecule has 1 aliphatic heterocycles. The highest BCUT2D eigenvalue weighted by molar-refractivity contribution is 8.00. The SMILES string of the molecule is CCN(CCO)C(=O)C1CCCS1. The lowest BCUT2D eigenvalue weighted by Crippen LogP contribution is -2.38. The van der Waals surface area contributed by atoms with Gasteiger partial charge in [-0.3, -0.25) is 4.79 Å². The lowest BCUT2D eigenvalue weighted by molar-refractivity contribution is -0.130. The molecule has 1 N–H and O–H groups in total. The van der Waals surface area contributed by atoms with Crippen LogP contribution in [0.3, 0.4) is 0 Å². The van der Waals surface area contributed by atoms with E-state index in [4.69, 9.17) is 5.11 Å². The molecule has 0 aliphatic carbocycles. The van der Waals surface area contributed by atoms with Gasteiger partial charge in [-0.05, 0) is 25.5 Å². The highest BCUT2D eigenvalue weighted by Gasteiger charge is 2.26. The number of amides is 1. The van der Waals surface area contributed by atoms with Gasteiger partial charge in [0.25, 0.3) is 0 Å². The molecule has 1 fully saturated rings. The first-order valence-electron chi connectivity index (χ1n) is 4.80. The Morgan fingerprint density at radius 1 is 1.69 bits per heavy atom. The molecule has 0 saturated carbocycles. The summed E-state index contributed by atoms with van der Waals surface area (Å²) in [6.45, 7) is 3.20. The van der Waals surface area contributed by atoms with Crippen LogP contribution in [0, 0.1) is 0 Å². The van der Waals surface area contributed by atoms with Gasteiger partial charge in [-0.2, -0.15) is 0 Å². The van der Waals surface area contributed by atoms with Crippen molar-refractivity contribution in [2.75, 3.05) is 25.4 Å². The van der Waals surface area contributed by atoms with Gasteiger partial charge in [0, 0.05) is 13.1 Å². The Morgan fingerprint density at radius 3 is 2.92 bits per heavy atom. The zero-order valence-electron chi connectivity index (χ0n) is 8.03. The molecule has 1 atom stereocenters. The van der Waals surface area contributed by atoms with Crippen LogP contribution in [0.25, 0.3) is 0 Å². The van der Waals surface area contributed by atoms with E-state index in [9.17, 15) is 4.79 Å². The summed E-state index contributed by atoms with van der Waals surface area (Å²) in [6.07, 6.45) is 2.16. The number of rotatable bonds is 4. The lowest BCUT2D eigenvalue weighted by atomic mass is 10.2. The van der Waals surface area contributed by atoms with E-state index in [2.05, 4.69) is 0 Å². The van der Waals surface area contributed by atoms with Crippen molar-refractivity contribution in [3.05, 3.63) is 0 Å². The standard InChI is InChI=1S/C9H17NO2S/c1-2-10(5-6-11)9(12)8-4-3-7-13-8/h8,11H,2-7H2,1H3. The maximum Gasteiger partial charge on any atom is 0.235 e. The Kier molecular flexibility index (Phi) is 4.59. The van der Waals surface area contributed by atoms with Crippen LogP contribution < -0.4 is 0 Å². The minimum Gasteiger partial charge on any atom is -0.395 e. The van der Waals surface area contributed by atoms with Gasteiger partial charge >= 0.3 is 0 Å². The van der Waals surface area contributed by atoms with E-state index < -0.39 is 0 Å². The van der Waals surface area contributed by atoms with Crippen molar-refractivity contribution in [1.82, 2.24) is 4.90 Å². The first-order valence-corrected chi connectivity index (χ1v) is 5.85. The molecule has 0 bridgehead atoms. The number of hydrogen-bond acceptors (Lipinski definition) is 3. The second-order valence-corrected chi connectivity index (χ2v) is 4.45. The Bertz CT molecular complexity index is 169. The molecule has 13 heavy (non-hydrogen) atoms. The van der Waals surface area contributed by atoms with Gasteiger partial charge in [0.05, 0.1) is 11.9 Å². The topological polar surface area (TPSA) is 40.5 Å². The number of likely N-dealkylation sites (N-methyl/N-ethyl adjacent to an activating group) is 1. The molecule has 1 saturated heterocycles. The van der Waals surface area contributed by atoms with Crippen molar-refractivity contribution in [2.45, 2.75) is 25.0 Å². The van der Waals surface area contributed by atoms with Crippen molar-refractivity contribution < 1.29 is 9.90 Å². The predicted octanol–water partition coefficient (Wildman–Crippen LogP) is 0.723. The number of aliphatic hydroxyl groups excluding tert-OH is 1. The zero-order valence-corrected chi connectivity index (χ0v) is 8.85. The van der Waals surface area contributed by atoms with Crippen LogP contribution in [0.1, 0.15) is 19.8 Å². The maximum atomic E-state index is 11.8. The minimum atomic E-state index is 0.0664. The van der Waals surface area contributed by atoms with Gasteiger partial charge in [0.2, 0.25) is 5.91 Å². The smallest absolute Gasteiger partial charge is 0.235 e. The molecule has 0 aromatic carbocycles. The number of thioether (sulfide) groups is 1. The van der Waals surface area contributed by atoms with Crippen LogP contribution in [-0.2, 0) is 4.79 Å². The summed E-state index contributed by atoms with van der Waals surface area (Å²) in [6, 6.07) is 0.